The van der Waals surface area contributed by atoms with Gasteiger partial charge in [0.05, 0.1) is 24.0 Å². The highest BCUT2D eigenvalue weighted by atomic mass is 16.3. The fourth-order valence-electron chi connectivity index (χ4n) is 5.75. The van der Waals surface area contributed by atoms with Crippen LogP contribution in [0, 0.1) is 11.3 Å². The number of likely N-dealkylation sites (tertiary alicyclic amines) is 2. The molecule has 3 aliphatic rings. The van der Waals surface area contributed by atoms with E-state index < -0.39 is 0 Å². The molecule has 9 heteroatoms. The van der Waals surface area contributed by atoms with E-state index in [1.807, 2.05) is 21.8 Å². The average Bonchev–Trinajstić information content (AvgIpc) is 3.31. The maximum atomic E-state index is 13.0. The lowest BCUT2D eigenvalue weighted by Crippen LogP contribution is -2.40. The number of hydrogen-bond donors (Lipinski definition) is 1. The van der Waals surface area contributed by atoms with Crippen LogP contribution in [0.2, 0.25) is 0 Å². The van der Waals surface area contributed by atoms with E-state index in [2.05, 4.69) is 27.3 Å². The fraction of sp³-hybridized carbons (Fsp3) is 0.520. The summed E-state index contributed by atoms with van der Waals surface area (Å²) in [4.78, 5) is 33.9. The van der Waals surface area contributed by atoms with Gasteiger partial charge in [0, 0.05) is 44.0 Å². The molecule has 2 saturated heterocycles. The van der Waals surface area contributed by atoms with Crippen molar-refractivity contribution in [3.63, 3.8) is 0 Å². The van der Waals surface area contributed by atoms with Crippen molar-refractivity contribution in [1.82, 2.24) is 29.9 Å². The number of rotatable bonds is 5. The van der Waals surface area contributed by atoms with E-state index in [0.717, 1.165) is 57.2 Å². The molecule has 0 aromatic carbocycles. The third-order valence-electron chi connectivity index (χ3n) is 8.05. The molecule has 9 nitrogen and oxygen atoms in total. The molecule has 2 aliphatic heterocycles. The zero-order valence-corrected chi connectivity index (χ0v) is 19.4. The molecule has 178 valence electrons. The van der Waals surface area contributed by atoms with E-state index in [1.54, 1.807) is 24.7 Å². The molecule has 5 heterocycles. The standard InChI is InChI=1S/C25H30N6O3/c1-29-7-3-20(16-29)31-15-18(12-28-31)24(33)30-8-4-25(5-9-30)11-19(25)13-27-23(32)21-10-17-2-6-26-14-22(17)34-21/h2,6,10,12,14-15,19-20H,3-5,7-9,11,13,16H2,1H3,(H,27,32). The number of carbonyl (C=O) groups is 2. The number of nitrogens with one attached hydrogen (secondary N) is 1. The van der Waals surface area contributed by atoms with E-state index in [1.165, 1.54) is 0 Å². The summed E-state index contributed by atoms with van der Waals surface area (Å²) in [5.41, 5.74) is 1.56. The summed E-state index contributed by atoms with van der Waals surface area (Å²) >= 11 is 0. The summed E-state index contributed by atoms with van der Waals surface area (Å²) in [5.74, 6) is 0.679. The van der Waals surface area contributed by atoms with Crippen LogP contribution in [0.4, 0.5) is 0 Å². The van der Waals surface area contributed by atoms with Crippen molar-refractivity contribution in [2.45, 2.75) is 31.7 Å². The van der Waals surface area contributed by atoms with Crippen molar-refractivity contribution in [3.05, 3.63) is 48.2 Å². The number of aromatic nitrogens is 3. The smallest absolute Gasteiger partial charge is 0.287 e. The molecule has 2 unspecified atom stereocenters. The lowest BCUT2D eigenvalue weighted by Gasteiger charge is -2.33. The van der Waals surface area contributed by atoms with Crippen LogP contribution in [-0.2, 0) is 0 Å². The second-order valence-corrected chi connectivity index (χ2v) is 10.2. The fourth-order valence-corrected chi connectivity index (χ4v) is 5.75. The normalized spacial score (nSPS) is 24.1. The van der Waals surface area contributed by atoms with Gasteiger partial charge < -0.3 is 19.5 Å². The Bertz CT molecular complexity index is 1190. The van der Waals surface area contributed by atoms with E-state index in [-0.39, 0.29) is 17.2 Å². The molecule has 3 fully saturated rings. The molecule has 0 radical (unpaired) electrons. The van der Waals surface area contributed by atoms with Gasteiger partial charge in [-0.05, 0) is 62.7 Å². The molecule has 34 heavy (non-hydrogen) atoms. The number of hydrogen-bond acceptors (Lipinski definition) is 6. The van der Waals surface area contributed by atoms with Gasteiger partial charge in [0.1, 0.15) is 0 Å². The highest BCUT2D eigenvalue weighted by molar-refractivity contribution is 5.96. The largest absolute Gasteiger partial charge is 0.449 e. The van der Waals surface area contributed by atoms with Crippen LogP contribution in [0.1, 0.15) is 52.6 Å². The van der Waals surface area contributed by atoms with Gasteiger partial charge in [-0.2, -0.15) is 5.10 Å². The summed E-state index contributed by atoms with van der Waals surface area (Å²) in [5, 5.41) is 8.39. The Morgan fingerprint density at radius 1 is 1.24 bits per heavy atom. The molecule has 1 aliphatic carbocycles. The summed E-state index contributed by atoms with van der Waals surface area (Å²) in [6, 6.07) is 3.94. The second kappa shape index (κ2) is 8.23. The molecular formula is C25H30N6O3. The Balaban J connectivity index is 0.998. The van der Waals surface area contributed by atoms with Gasteiger partial charge in [0.15, 0.2) is 11.3 Å². The quantitative estimate of drug-likeness (QED) is 0.626. The van der Waals surface area contributed by atoms with Crippen LogP contribution in [0.3, 0.4) is 0 Å². The Labute approximate surface area is 198 Å². The Hall–Kier alpha value is -3.20. The zero-order valence-electron chi connectivity index (χ0n) is 19.4. The highest BCUT2D eigenvalue weighted by Gasteiger charge is 2.54. The van der Waals surface area contributed by atoms with Gasteiger partial charge in [-0.1, -0.05) is 0 Å². The first-order valence-electron chi connectivity index (χ1n) is 12.1. The minimum absolute atomic E-state index is 0.0809. The summed E-state index contributed by atoms with van der Waals surface area (Å²) < 4.78 is 7.57. The molecule has 2 atom stereocenters. The number of nitrogens with zero attached hydrogens (tertiary/aromatic N) is 5. The number of fused-ring (bicyclic) bond motifs is 1. The third kappa shape index (κ3) is 3.87. The lowest BCUT2D eigenvalue weighted by molar-refractivity contribution is 0.0668. The van der Waals surface area contributed by atoms with E-state index in [9.17, 15) is 9.59 Å². The van der Waals surface area contributed by atoms with Crippen LogP contribution in [0.5, 0.6) is 0 Å². The van der Waals surface area contributed by atoms with Crippen LogP contribution >= 0.6 is 0 Å². The maximum absolute atomic E-state index is 13.0. The second-order valence-electron chi connectivity index (χ2n) is 10.2. The minimum atomic E-state index is -0.184. The van der Waals surface area contributed by atoms with E-state index in [4.69, 9.17) is 4.42 Å². The third-order valence-corrected chi connectivity index (χ3v) is 8.05. The summed E-state index contributed by atoms with van der Waals surface area (Å²) in [6.45, 7) is 4.21. The lowest BCUT2D eigenvalue weighted by atomic mass is 9.90. The summed E-state index contributed by atoms with van der Waals surface area (Å²) in [7, 11) is 2.12. The van der Waals surface area contributed by atoms with Crippen LogP contribution < -0.4 is 5.32 Å². The molecule has 1 saturated carbocycles. The van der Waals surface area contributed by atoms with Crippen molar-refractivity contribution in [3.8, 4) is 0 Å². The predicted octanol–water partition coefficient (Wildman–Crippen LogP) is 2.57. The van der Waals surface area contributed by atoms with E-state index >= 15 is 0 Å². The predicted molar refractivity (Wildman–Crippen MR) is 125 cm³/mol. The first-order chi connectivity index (χ1) is 16.5. The molecule has 1 N–H and O–H groups in total. The molecule has 3 aromatic heterocycles. The Morgan fingerprint density at radius 2 is 2.09 bits per heavy atom. The molecule has 1 spiro atoms. The number of furan rings is 1. The van der Waals surface area contributed by atoms with Gasteiger partial charge >= 0.3 is 0 Å². The van der Waals surface area contributed by atoms with Crippen LogP contribution in [0.25, 0.3) is 11.0 Å². The number of piperidine rings is 1. The Kier molecular flexibility index (Phi) is 5.17. The van der Waals surface area contributed by atoms with E-state index in [0.29, 0.717) is 35.4 Å². The van der Waals surface area contributed by atoms with Gasteiger partial charge in [0.2, 0.25) is 0 Å². The van der Waals surface area contributed by atoms with Gasteiger partial charge in [0.25, 0.3) is 11.8 Å². The number of likely N-dealkylation sites (N-methyl/N-ethyl adjacent to an activating group) is 1. The monoisotopic (exact) mass is 462 g/mol. The van der Waals surface area contributed by atoms with Gasteiger partial charge in [-0.15, -0.1) is 0 Å². The zero-order chi connectivity index (χ0) is 23.3. The van der Waals surface area contributed by atoms with Crippen molar-refractivity contribution in [2.75, 3.05) is 39.8 Å². The van der Waals surface area contributed by atoms with Crippen LogP contribution in [0.15, 0.2) is 41.3 Å². The molecule has 0 bridgehead atoms. The van der Waals surface area contributed by atoms with Crippen molar-refractivity contribution in [2.24, 2.45) is 11.3 Å². The number of carbonyl (C=O) groups excluding carboxylic acids is 2. The van der Waals surface area contributed by atoms with Gasteiger partial charge in [-0.3, -0.25) is 19.3 Å². The molecule has 2 amide bonds. The first kappa shape index (κ1) is 21.3. The van der Waals surface area contributed by atoms with Crippen molar-refractivity contribution < 1.29 is 14.0 Å². The van der Waals surface area contributed by atoms with Gasteiger partial charge in [-0.25, -0.2) is 0 Å². The minimum Gasteiger partial charge on any atom is -0.449 e. The van der Waals surface area contributed by atoms with Crippen molar-refractivity contribution >= 4 is 22.8 Å². The molecule has 6 rings (SSSR count). The molecular weight excluding hydrogens is 432 g/mol. The maximum Gasteiger partial charge on any atom is 0.287 e. The molecule has 3 aromatic rings. The topological polar surface area (TPSA) is 96.5 Å². The average molecular weight is 463 g/mol. The van der Waals surface area contributed by atoms with Crippen LogP contribution in [-0.4, -0.2) is 76.2 Å². The number of amides is 2. The Morgan fingerprint density at radius 3 is 2.85 bits per heavy atom. The highest BCUT2D eigenvalue weighted by Crippen LogP contribution is 2.59. The summed E-state index contributed by atoms with van der Waals surface area (Å²) in [6.07, 6.45) is 11.1. The van der Waals surface area contributed by atoms with Crippen molar-refractivity contribution in [1.29, 1.82) is 0 Å². The SMILES string of the molecule is CN1CCC(n2cc(C(=O)N3CCC4(CC3)CC4CNC(=O)c3cc4ccncc4o3)cn2)C1. The number of pyridine rings is 1. The first-order valence-corrected chi connectivity index (χ1v) is 12.1.